The van der Waals surface area contributed by atoms with Gasteiger partial charge in [0, 0.05) is 52.9 Å². The maximum Gasteiger partial charge on any atom is 0.380 e. The lowest BCUT2D eigenvalue weighted by molar-refractivity contribution is -0.254. The number of hydrogen-bond acceptors (Lipinski definition) is 6. The fourth-order valence-corrected chi connectivity index (χ4v) is 8.31. The Balaban J connectivity index is 1.86. The summed E-state index contributed by atoms with van der Waals surface area (Å²) in [6, 6.07) is 9.75. The molecule has 0 fully saturated rings. The van der Waals surface area contributed by atoms with E-state index in [1.54, 1.807) is 36.4 Å². The number of ether oxygens (including phenoxy) is 4. The van der Waals surface area contributed by atoms with Crippen molar-refractivity contribution in [2.24, 2.45) is 0 Å². The van der Waals surface area contributed by atoms with E-state index in [1.807, 2.05) is 0 Å². The first kappa shape index (κ1) is 32.7. The molecule has 5 rings (SSSR count). The largest absolute Gasteiger partial charge is 0.497 e. The van der Waals surface area contributed by atoms with E-state index in [0.29, 0.717) is 43.9 Å². The Morgan fingerprint density at radius 3 is 1.20 bits per heavy atom. The summed E-state index contributed by atoms with van der Waals surface area (Å²) in [5.41, 5.74) is -2.27. The number of methoxy groups -OCH3 is 4. The smallest absolute Gasteiger partial charge is 0.380 e. The van der Waals surface area contributed by atoms with Crippen LogP contribution in [-0.2, 0) is 0 Å². The Hall–Kier alpha value is -3.64. The van der Waals surface area contributed by atoms with E-state index < -0.39 is 28.9 Å². The van der Waals surface area contributed by atoms with Gasteiger partial charge in [-0.2, -0.15) is 26.3 Å². The molecule has 2 aromatic heterocycles. The Kier molecular flexibility index (Phi) is 8.23. The number of halogens is 6. The van der Waals surface area contributed by atoms with Crippen LogP contribution in [0.15, 0.2) is 36.4 Å². The standard InChI is InChI=1S/C33H30F6O4S2/c1-15-25(17(3)44-29(15)21-13-19(40-5)9-11-23(21)42-7)27-28(32(36,37)33(38,39)31(27,34)35)26-16(2)30(45-18(26)4)22-14-20(41-6)10-12-24(22)43-8/h9-14H,1-8H3. The molecule has 0 aliphatic heterocycles. The van der Waals surface area contributed by atoms with Crippen LogP contribution >= 0.6 is 22.7 Å². The molecule has 0 bridgehead atoms. The number of allylic oxidation sites excluding steroid dienone is 2. The Labute approximate surface area is 264 Å². The van der Waals surface area contributed by atoms with Crippen molar-refractivity contribution in [1.29, 1.82) is 0 Å². The van der Waals surface area contributed by atoms with E-state index in [-0.39, 0.29) is 32.0 Å². The van der Waals surface area contributed by atoms with Crippen LogP contribution in [0, 0.1) is 27.7 Å². The van der Waals surface area contributed by atoms with Crippen LogP contribution in [0.1, 0.15) is 32.0 Å². The first-order valence-corrected chi connectivity index (χ1v) is 15.3. The minimum absolute atomic E-state index is 0.143. The topological polar surface area (TPSA) is 36.9 Å². The number of rotatable bonds is 8. The molecule has 1 aliphatic carbocycles. The van der Waals surface area contributed by atoms with Gasteiger partial charge in [0.2, 0.25) is 0 Å². The zero-order valence-electron chi connectivity index (χ0n) is 25.7. The van der Waals surface area contributed by atoms with Gasteiger partial charge in [-0.25, -0.2) is 0 Å². The predicted octanol–water partition coefficient (Wildman–Crippen LogP) is 10.2. The molecule has 4 nitrogen and oxygen atoms in total. The monoisotopic (exact) mass is 668 g/mol. The van der Waals surface area contributed by atoms with Crippen LogP contribution in [-0.4, -0.2) is 46.2 Å². The highest BCUT2D eigenvalue weighted by Gasteiger charge is 2.80. The Morgan fingerprint density at radius 1 is 0.533 bits per heavy atom. The Morgan fingerprint density at radius 2 is 0.889 bits per heavy atom. The molecule has 2 heterocycles. The second kappa shape index (κ2) is 11.3. The van der Waals surface area contributed by atoms with E-state index in [0.717, 1.165) is 22.7 Å². The third-order valence-corrected chi connectivity index (χ3v) is 10.6. The summed E-state index contributed by atoms with van der Waals surface area (Å²) in [6.45, 7) is 5.83. The molecule has 0 amide bonds. The molecule has 0 radical (unpaired) electrons. The van der Waals surface area contributed by atoms with Crippen molar-refractivity contribution in [2.45, 2.75) is 45.5 Å². The number of thiophene rings is 2. The average molecular weight is 669 g/mol. The first-order chi connectivity index (χ1) is 21.1. The molecule has 0 N–H and O–H groups in total. The molecule has 45 heavy (non-hydrogen) atoms. The summed E-state index contributed by atoms with van der Waals surface area (Å²) in [4.78, 5) is 1.15. The summed E-state index contributed by atoms with van der Waals surface area (Å²) in [7, 11) is 5.74. The van der Waals surface area contributed by atoms with Gasteiger partial charge in [0.1, 0.15) is 23.0 Å². The van der Waals surface area contributed by atoms with Gasteiger partial charge >= 0.3 is 17.8 Å². The van der Waals surface area contributed by atoms with Crippen LogP contribution in [0.4, 0.5) is 26.3 Å². The fourth-order valence-electron chi connectivity index (χ4n) is 5.93. The molecular weight excluding hydrogens is 638 g/mol. The summed E-state index contributed by atoms with van der Waals surface area (Å²) < 4.78 is 116. The molecule has 4 aromatic rings. The summed E-state index contributed by atoms with van der Waals surface area (Å²) in [5, 5.41) is 0. The normalized spacial score (nSPS) is 16.7. The zero-order valence-corrected chi connectivity index (χ0v) is 27.3. The molecule has 0 saturated carbocycles. The molecule has 2 aromatic carbocycles. The van der Waals surface area contributed by atoms with Crippen molar-refractivity contribution in [3.8, 4) is 43.9 Å². The summed E-state index contributed by atoms with van der Waals surface area (Å²) in [6.07, 6.45) is 0. The van der Waals surface area contributed by atoms with E-state index in [4.69, 9.17) is 18.9 Å². The molecular formula is C33H30F6O4S2. The van der Waals surface area contributed by atoms with Gasteiger partial charge in [-0.05, 0) is 75.2 Å². The van der Waals surface area contributed by atoms with Gasteiger partial charge in [-0.1, -0.05) is 0 Å². The SMILES string of the molecule is COc1ccc(OC)c(-c2sc(C)c(C3=C(c4c(C)sc(-c5cc(OC)ccc5OC)c4C)C(F)(F)C(F)(F)C3(F)F)c2C)c1. The highest BCUT2D eigenvalue weighted by molar-refractivity contribution is 7.16. The van der Waals surface area contributed by atoms with E-state index in [2.05, 4.69) is 0 Å². The molecule has 1 aliphatic rings. The number of aryl methyl sites for hydroxylation is 2. The summed E-state index contributed by atoms with van der Waals surface area (Å²) >= 11 is 2.05. The molecule has 0 atom stereocenters. The van der Waals surface area contributed by atoms with Crippen molar-refractivity contribution >= 4 is 33.8 Å². The van der Waals surface area contributed by atoms with Gasteiger partial charge < -0.3 is 18.9 Å². The van der Waals surface area contributed by atoms with Crippen LogP contribution in [0.5, 0.6) is 23.0 Å². The highest BCUT2D eigenvalue weighted by atomic mass is 32.1. The van der Waals surface area contributed by atoms with Crippen molar-refractivity contribution < 1.29 is 45.3 Å². The Bertz CT molecular complexity index is 1710. The predicted molar refractivity (Wildman–Crippen MR) is 166 cm³/mol. The first-order valence-electron chi connectivity index (χ1n) is 13.6. The van der Waals surface area contributed by atoms with Crippen molar-refractivity contribution in [1.82, 2.24) is 0 Å². The maximum atomic E-state index is 16.0. The van der Waals surface area contributed by atoms with Gasteiger partial charge in [0.05, 0.1) is 28.4 Å². The van der Waals surface area contributed by atoms with Gasteiger partial charge in [0.25, 0.3) is 0 Å². The number of benzene rings is 2. The summed E-state index contributed by atoms with van der Waals surface area (Å²) in [5.74, 6) is -14.5. The third kappa shape index (κ3) is 4.70. The quantitative estimate of drug-likeness (QED) is 0.175. The van der Waals surface area contributed by atoms with E-state index in [9.17, 15) is 0 Å². The lowest BCUT2D eigenvalue weighted by Gasteiger charge is -2.26. The van der Waals surface area contributed by atoms with Crippen molar-refractivity contribution in [2.75, 3.05) is 28.4 Å². The highest BCUT2D eigenvalue weighted by Crippen LogP contribution is 2.67. The number of hydrogen-bond donors (Lipinski definition) is 0. The second-order valence-corrected chi connectivity index (χ2v) is 13.0. The van der Waals surface area contributed by atoms with Crippen LogP contribution in [0.2, 0.25) is 0 Å². The van der Waals surface area contributed by atoms with Crippen LogP contribution in [0.3, 0.4) is 0 Å². The average Bonchev–Trinajstić information content (AvgIpc) is 3.50. The molecule has 0 spiro atoms. The molecule has 12 heteroatoms. The number of alkyl halides is 6. The molecule has 240 valence electrons. The lowest BCUT2D eigenvalue weighted by Crippen LogP contribution is -2.49. The van der Waals surface area contributed by atoms with Gasteiger partial charge in [0.15, 0.2) is 0 Å². The second-order valence-electron chi connectivity index (χ2n) is 10.6. The molecule has 0 saturated heterocycles. The van der Waals surface area contributed by atoms with Crippen LogP contribution < -0.4 is 18.9 Å². The van der Waals surface area contributed by atoms with Crippen molar-refractivity contribution in [3.63, 3.8) is 0 Å². The van der Waals surface area contributed by atoms with Gasteiger partial charge in [-0.15, -0.1) is 22.7 Å². The molecule has 0 unspecified atom stereocenters. The maximum absolute atomic E-state index is 16.0. The zero-order chi connectivity index (χ0) is 33.2. The van der Waals surface area contributed by atoms with Crippen molar-refractivity contribution in [3.05, 3.63) is 68.4 Å². The van der Waals surface area contributed by atoms with E-state index >= 15 is 26.3 Å². The minimum Gasteiger partial charge on any atom is -0.497 e. The van der Waals surface area contributed by atoms with Crippen LogP contribution in [0.25, 0.3) is 32.0 Å². The third-order valence-electron chi connectivity index (χ3n) is 8.11. The lowest BCUT2D eigenvalue weighted by atomic mass is 9.89. The minimum atomic E-state index is -5.70. The van der Waals surface area contributed by atoms with E-state index in [1.165, 1.54) is 56.1 Å². The fraction of sp³-hybridized carbons (Fsp3) is 0.333. The van der Waals surface area contributed by atoms with Gasteiger partial charge in [-0.3, -0.25) is 0 Å².